The number of ether oxygens (including phenoxy) is 2. The van der Waals surface area contributed by atoms with Crippen molar-refractivity contribution in [2.24, 2.45) is 16.5 Å². The number of rotatable bonds is 7. The summed E-state index contributed by atoms with van der Waals surface area (Å²) in [5.41, 5.74) is 15.5. The first-order valence-electron chi connectivity index (χ1n) is 15.3. The Kier molecular flexibility index (Phi) is 9.17. The molecule has 2 aliphatic heterocycles. The Bertz CT molecular complexity index is 1640. The molecule has 45 heavy (non-hydrogen) atoms. The van der Waals surface area contributed by atoms with E-state index in [0.29, 0.717) is 57.2 Å². The van der Waals surface area contributed by atoms with Crippen LogP contribution in [0, 0.1) is 0 Å². The largest absolute Gasteiger partial charge is 0.489 e. The second-order valence-corrected chi connectivity index (χ2v) is 15.1. The number of nitrogens with zero attached hydrogens (tertiary/aromatic N) is 1. The molecule has 1 saturated carbocycles. The number of fused-ring (bicyclic) bond motifs is 3. The lowest BCUT2D eigenvalue weighted by Gasteiger charge is -2.25. The van der Waals surface area contributed by atoms with Gasteiger partial charge in [0.2, 0.25) is 0 Å². The number of aliphatic hydroxyl groups is 2. The van der Waals surface area contributed by atoms with E-state index in [1.54, 1.807) is 59.7 Å². The summed E-state index contributed by atoms with van der Waals surface area (Å²) in [5, 5.41) is 32.3. The molecule has 0 spiro atoms. The number of hydrogen-bond acceptors (Lipinski definition) is 11. The van der Waals surface area contributed by atoms with Crippen LogP contribution >= 0.6 is 21.6 Å². The number of benzene rings is 2. The van der Waals surface area contributed by atoms with E-state index < -0.39 is 23.9 Å². The quantitative estimate of drug-likeness (QED) is 0.0904. The predicted molar refractivity (Wildman–Crippen MR) is 177 cm³/mol. The zero-order valence-electron chi connectivity index (χ0n) is 25.4. The molecule has 2 bridgehead atoms. The Hall–Kier alpha value is -3.10. The van der Waals surface area contributed by atoms with Crippen molar-refractivity contribution in [1.29, 1.82) is 0 Å². The molecular weight excluding hydrogens is 617 g/mol. The minimum absolute atomic E-state index is 0.0525. The zero-order valence-corrected chi connectivity index (χ0v) is 27.0. The summed E-state index contributed by atoms with van der Waals surface area (Å²) in [6.07, 6.45) is 2.76. The van der Waals surface area contributed by atoms with Crippen LogP contribution in [0.4, 0.5) is 5.69 Å². The summed E-state index contributed by atoms with van der Waals surface area (Å²) in [6.45, 7) is 3.43. The van der Waals surface area contributed by atoms with Crippen LogP contribution in [0.3, 0.4) is 0 Å². The van der Waals surface area contributed by atoms with Crippen molar-refractivity contribution >= 4 is 44.2 Å². The number of guanidine groups is 1. The minimum Gasteiger partial charge on any atom is -0.489 e. The maximum atomic E-state index is 14.8. The first kappa shape index (κ1) is 31.9. The molecule has 1 aliphatic carbocycles. The Morgan fingerprint density at radius 3 is 2.56 bits per heavy atom. The Labute approximate surface area is 269 Å². The van der Waals surface area contributed by atoms with Crippen LogP contribution in [0.15, 0.2) is 38.5 Å². The highest BCUT2D eigenvalue weighted by molar-refractivity contribution is 8.76. The van der Waals surface area contributed by atoms with Gasteiger partial charge in [0.05, 0.1) is 23.4 Å². The number of nitrogens with one attached hydrogen (secondary N) is 1. The van der Waals surface area contributed by atoms with Crippen LogP contribution in [0.25, 0.3) is 11.0 Å². The van der Waals surface area contributed by atoms with Gasteiger partial charge in [0, 0.05) is 47.5 Å². The summed E-state index contributed by atoms with van der Waals surface area (Å²) < 4.78 is 19.8. The third kappa shape index (κ3) is 6.59. The topological polar surface area (TPSA) is 186 Å². The van der Waals surface area contributed by atoms with Crippen LogP contribution in [0.5, 0.6) is 11.5 Å². The van der Waals surface area contributed by atoms with Crippen LogP contribution in [0.1, 0.15) is 80.1 Å². The lowest BCUT2D eigenvalue weighted by molar-refractivity contribution is -0.0231. The van der Waals surface area contributed by atoms with Gasteiger partial charge in [-0.25, -0.2) is 4.99 Å². The van der Waals surface area contributed by atoms with Crippen LogP contribution in [-0.4, -0.2) is 51.0 Å². The van der Waals surface area contributed by atoms with Gasteiger partial charge >= 0.3 is 0 Å². The van der Waals surface area contributed by atoms with Gasteiger partial charge in [0.1, 0.15) is 40.4 Å². The average Bonchev–Trinajstić information content (AvgIpc) is 3.67. The fourth-order valence-corrected chi connectivity index (χ4v) is 8.66. The standard InChI is InChI=1S/C32H40N4O7S2/c1-32(2,39)24-13-21-27(42-24)22-15-45-44-14-18(35-31(33)34)12-23(37)28-20(11-16-7-9-17(36-40)10-8-16)26(38)25(30(22)43-28)29(21)41-19-5-3-4-6-19/h7-10,18-19,23-24,36-37,39-40H,3-6,11-15H2,1-2H3,(H4,33,34,35)/t18-,23-,24+/m1/s1. The van der Waals surface area contributed by atoms with Crippen molar-refractivity contribution in [2.45, 2.75) is 94.5 Å². The van der Waals surface area contributed by atoms with Gasteiger partial charge in [-0.1, -0.05) is 33.7 Å². The molecule has 0 saturated heterocycles. The molecule has 3 heterocycles. The van der Waals surface area contributed by atoms with Crippen LogP contribution in [0.2, 0.25) is 0 Å². The van der Waals surface area contributed by atoms with Crippen LogP contribution < -0.4 is 31.8 Å². The number of nitrogens with two attached hydrogens (primary N) is 2. The van der Waals surface area contributed by atoms with E-state index in [1.807, 2.05) is 0 Å². The highest BCUT2D eigenvalue weighted by Gasteiger charge is 2.41. The number of hydrogen-bond donors (Lipinski definition) is 6. The third-order valence-electron chi connectivity index (χ3n) is 8.73. The Balaban J connectivity index is 1.60. The smallest absolute Gasteiger partial charge is 0.200 e. The van der Waals surface area contributed by atoms with Gasteiger partial charge < -0.3 is 35.6 Å². The lowest BCUT2D eigenvalue weighted by atomic mass is 9.93. The van der Waals surface area contributed by atoms with Gasteiger partial charge in [-0.3, -0.25) is 15.5 Å². The van der Waals surface area contributed by atoms with Gasteiger partial charge in [-0.05, 0) is 57.2 Å². The third-order valence-corrected chi connectivity index (χ3v) is 11.1. The van der Waals surface area contributed by atoms with Crippen molar-refractivity contribution in [2.75, 3.05) is 11.2 Å². The molecule has 1 fully saturated rings. The maximum absolute atomic E-state index is 14.8. The van der Waals surface area contributed by atoms with Crippen molar-refractivity contribution < 1.29 is 29.3 Å². The highest BCUT2D eigenvalue weighted by atomic mass is 33.1. The monoisotopic (exact) mass is 656 g/mol. The number of anilines is 1. The molecule has 6 rings (SSSR count). The van der Waals surface area contributed by atoms with E-state index >= 15 is 0 Å². The normalized spacial score (nSPS) is 22.1. The van der Waals surface area contributed by atoms with E-state index in [-0.39, 0.29) is 36.1 Å². The molecule has 8 N–H and O–H groups in total. The second-order valence-electron chi connectivity index (χ2n) is 12.6. The molecule has 3 atom stereocenters. The molecule has 242 valence electrons. The molecule has 0 amide bonds. The molecule has 11 nitrogen and oxygen atoms in total. The number of aliphatic hydroxyl groups excluding tert-OH is 1. The average molecular weight is 657 g/mol. The van der Waals surface area contributed by atoms with Gasteiger partial charge in [-0.15, -0.1) is 0 Å². The SMILES string of the molecule is CC(C)(O)[C@@H]1Cc2c(c3c4oc(c(Cc5ccc(NO)cc5)c(=O)c4c2OC2CCCC2)[C@H](O)C[C@@H](N=C(N)N)CSSC3)O1. The summed E-state index contributed by atoms with van der Waals surface area (Å²) in [7, 11) is 3.12. The summed E-state index contributed by atoms with van der Waals surface area (Å²) >= 11 is 0. The fourth-order valence-electron chi connectivity index (χ4n) is 6.37. The molecule has 0 radical (unpaired) electrons. The van der Waals surface area contributed by atoms with Gasteiger partial charge in [0.25, 0.3) is 0 Å². The molecular formula is C32H40N4O7S2. The molecule has 2 aromatic carbocycles. The molecule has 0 unspecified atom stereocenters. The summed E-state index contributed by atoms with van der Waals surface area (Å²) in [4.78, 5) is 19.2. The van der Waals surface area contributed by atoms with Crippen molar-refractivity contribution in [3.8, 4) is 11.5 Å². The van der Waals surface area contributed by atoms with E-state index in [2.05, 4.69) is 10.5 Å². The lowest BCUT2D eigenvalue weighted by Crippen LogP contribution is -2.39. The molecule has 3 aliphatic rings. The highest BCUT2D eigenvalue weighted by Crippen LogP contribution is 2.50. The predicted octanol–water partition coefficient (Wildman–Crippen LogP) is 4.54. The molecule has 3 aromatic rings. The van der Waals surface area contributed by atoms with Crippen molar-refractivity contribution in [3.05, 3.63) is 62.5 Å². The van der Waals surface area contributed by atoms with E-state index in [9.17, 15) is 20.2 Å². The summed E-state index contributed by atoms with van der Waals surface area (Å²) in [5.74, 6) is 2.04. The Morgan fingerprint density at radius 1 is 1.16 bits per heavy atom. The fraction of sp³-hybridized carbons (Fsp3) is 0.500. The first-order chi connectivity index (χ1) is 21.5. The number of aliphatic imine (C=N–C) groups is 1. The van der Waals surface area contributed by atoms with E-state index in [1.165, 1.54) is 0 Å². The minimum atomic E-state index is -1.18. The maximum Gasteiger partial charge on any atom is 0.200 e. The van der Waals surface area contributed by atoms with Crippen LogP contribution in [-0.2, 0) is 18.6 Å². The van der Waals surface area contributed by atoms with Crippen molar-refractivity contribution in [3.63, 3.8) is 0 Å². The van der Waals surface area contributed by atoms with Gasteiger partial charge in [0.15, 0.2) is 11.4 Å². The van der Waals surface area contributed by atoms with E-state index in [0.717, 1.165) is 36.8 Å². The first-order valence-corrected chi connectivity index (χ1v) is 17.8. The molecule has 1 aromatic heterocycles. The van der Waals surface area contributed by atoms with Crippen molar-refractivity contribution in [1.82, 2.24) is 0 Å². The Morgan fingerprint density at radius 2 is 1.89 bits per heavy atom. The zero-order chi connectivity index (χ0) is 31.9. The summed E-state index contributed by atoms with van der Waals surface area (Å²) in [6, 6.07) is 6.58. The van der Waals surface area contributed by atoms with E-state index in [4.69, 9.17) is 25.4 Å². The second kappa shape index (κ2) is 13.0. The molecule has 13 heteroatoms. The van der Waals surface area contributed by atoms with Gasteiger partial charge in [-0.2, -0.15) is 0 Å².